The van der Waals surface area contributed by atoms with Crippen LogP contribution in [0.4, 0.5) is 0 Å². The molecule has 1 amide bonds. The number of carbonyl (C=O) groups is 1. The molecule has 0 aliphatic heterocycles. The van der Waals surface area contributed by atoms with Gasteiger partial charge in [0.2, 0.25) is 0 Å². The van der Waals surface area contributed by atoms with Gasteiger partial charge in [0.15, 0.2) is 0 Å². The molecular formula is C8H16N6O. The van der Waals surface area contributed by atoms with Gasteiger partial charge in [-0.1, -0.05) is 0 Å². The molecule has 7 nitrogen and oxygen atoms in total. The number of nitrogens with one attached hydrogen (secondary N) is 1. The predicted molar refractivity (Wildman–Crippen MR) is 54.3 cm³/mol. The van der Waals surface area contributed by atoms with Gasteiger partial charge in [0.25, 0.3) is 11.7 Å². The lowest BCUT2D eigenvalue weighted by molar-refractivity contribution is 0.0778. The molecule has 1 rings (SSSR count). The van der Waals surface area contributed by atoms with Gasteiger partial charge in [-0.3, -0.25) is 4.79 Å². The van der Waals surface area contributed by atoms with Crippen molar-refractivity contribution in [2.45, 2.75) is 6.42 Å². The summed E-state index contributed by atoms with van der Waals surface area (Å²) < 4.78 is 0. The Morgan fingerprint density at radius 2 is 2.07 bits per heavy atom. The lowest BCUT2D eigenvalue weighted by Crippen LogP contribution is -2.30. The van der Waals surface area contributed by atoms with Crippen LogP contribution in [-0.2, 0) is 0 Å². The number of tetrazole rings is 1. The summed E-state index contributed by atoms with van der Waals surface area (Å²) in [5, 5.41) is 12.9. The van der Waals surface area contributed by atoms with Crippen molar-refractivity contribution in [3.8, 4) is 0 Å². The summed E-state index contributed by atoms with van der Waals surface area (Å²) in [7, 11) is 5.73. The third-order valence-electron chi connectivity index (χ3n) is 1.98. The van der Waals surface area contributed by atoms with Crippen LogP contribution in [0.2, 0.25) is 0 Å². The number of rotatable bonds is 5. The Kier molecular flexibility index (Phi) is 4.17. The smallest absolute Gasteiger partial charge is 0.295 e. The summed E-state index contributed by atoms with van der Waals surface area (Å²) in [6, 6.07) is 0. The summed E-state index contributed by atoms with van der Waals surface area (Å²) in [5.74, 6) is -0.0927. The highest BCUT2D eigenvalue weighted by Crippen LogP contribution is 1.95. The van der Waals surface area contributed by atoms with Crippen molar-refractivity contribution in [1.82, 2.24) is 30.4 Å². The third-order valence-corrected chi connectivity index (χ3v) is 1.98. The molecule has 0 aromatic carbocycles. The van der Waals surface area contributed by atoms with E-state index in [2.05, 4.69) is 25.5 Å². The van der Waals surface area contributed by atoms with E-state index in [4.69, 9.17) is 0 Å². The Balaban J connectivity index is 2.34. The fourth-order valence-electron chi connectivity index (χ4n) is 1.15. The zero-order valence-corrected chi connectivity index (χ0v) is 9.27. The molecule has 0 radical (unpaired) electrons. The molecular weight excluding hydrogens is 196 g/mol. The van der Waals surface area contributed by atoms with E-state index in [1.807, 2.05) is 14.1 Å². The lowest BCUT2D eigenvalue weighted by atomic mass is 10.3. The van der Waals surface area contributed by atoms with Gasteiger partial charge in [0, 0.05) is 13.6 Å². The zero-order valence-electron chi connectivity index (χ0n) is 9.27. The number of nitrogens with zero attached hydrogens (tertiary/aromatic N) is 5. The molecule has 15 heavy (non-hydrogen) atoms. The van der Waals surface area contributed by atoms with Gasteiger partial charge in [-0.05, 0) is 32.3 Å². The van der Waals surface area contributed by atoms with E-state index >= 15 is 0 Å². The molecule has 0 aliphatic carbocycles. The van der Waals surface area contributed by atoms with Crippen LogP contribution in [0.1, 0.15) is 17.0 Å². The zero-order chi connectivity index (χ0) is 11.3. The first-order chi connectivity index (χ1) is 7.11. The monoisotopic (exact) mass is 212 g/mol. The van der Waals surface area contributed by atoms with Gasteiger partial charge in [-0.2, -0.15) is 5.21 Å². The van der Waals surface area contributed by atoms with E-state index in [-0.39, 0.29) is 11.7 Å². The SMILES string of the molecule is CN(C)CCCN(C)C(=O)c1nn[nH]n1. The second kappa shape index (κ2) is 5.40. The Hall–Kier alpha value is -1.50. The Morgan fingerprint density at radius 1 is 1.33 bits per heavy atom. The van der Waals surface area contributed by atoms with Gasteiger partial charge in [0.1, 0.15) is 0 Å². The molecule has 0 atom stereocenters. The van der Waals surface area contributed by atoms with Crippen LogP contribution >= 0.6 is 0 Å². The molecule has 1 N–H and O–H groups in total. The fourth-order valence-corrected chi connectivity index (χ4v) is 1.15. The van der Waals surface area contributed by atoms with E-state index in [9.17, 15) is 4.79 Å². The van der Waals surface area contributed by atoms with Crippen molar-refractivity contribution >= 4 is 5.91 Å². The summed E-state index contributed by atoms with van der Waals surface area (Å²) in [6.07, 6.45) is 0.924. The van der Waals surface area contributed by atoms with Crippen LogP contribution in [0.5, 0.6) is 0 Å². The Morgan fingerprint density at radius 3 is 2.60 bits per heavy atom. The quantitative estimate of drug-likeness (QED) is 0.693. The molecule has 0 spiro atoms. The molecule has 0 saturated carbocycles. The van der Waals surface area contributed by atoms with Crippen molar-refractivity contribution in [3.63, 3.8) is 0 Å². The first kappa shape index (κ1) is 11.6. The van der Waals surface area contributed by atoms with Gasteiger partial charge in [-0.25, -0.2) is 0 Å². The molecule has 0 aliphatic rings. The first-order valence-electron chi connectivity index (χ1n) is 4.75. The van der Waals surface area contributed by atoms with Crippen LogP contribution in [0, 0.1) is 0 Å². The van der Waals surface area contributed by atoms with E-state index < -0.39 is 0 Å². The maximum Gasteiger partial charge on any atom is 0.295 e. The maximum absolute atomic E-state index is 11.6. The molecule has 1 heterocycles. The normalized spacial score (nSPS) is 10.7. The number of hydrogen-bond acceptors (Lipinski definition) is 5. The van der Waals surface area contributed by atoms with Crippen LogP contribution in [0.25, 0.3) is 0 Å². The number of H-pyrrole nitrogens is 1. The number of hydrogen-bond donors (Lipinski definition) is 1. The maximum atomic E-state index is 11.6. The molecule has 1 aromatic heterocycles. The minimum absolute atomic E-state index is 0.113. The van der Waals surface area contributed by atoms with Crippen molar-refractivity contribution < 1.29 is 4.79 Å². The van der Waals surface area contributed by atoms with Crippen LogP contribution < -0.4 is 0 Å². The van der Waals surface area contributed by atoms with Gasteiger partial charge < -0.3 is 9.80 Å². The van der Waals surface area contributed by atoms with Gasteiger partial charge in [0.05, 0.1) is 0 Å². The summed E-state index contributed by atoms with van der Waals surface area (Å²) >= 11 is 0. The van der Waals surface area contributed by atoms with E-state index in [0.717, 1.165) is 13.0 Å². The van der Waals surface area contributed by atoms with Crippen molar-refractivity contribution in [2.75, 3.05) is 34.2 Å². The fraction of sp³-hybridized carbons (Fsp3) is 0.750. The van der Waals surface area contributed by atoms with Crippen LogP contribution in [0.15, 0.2) is 0 Å². The minimum atomic E-state index is -0.206. The molecule has 7 heteroatoms. The number of aromatic amines is 1. The number of aromatic nitrogens is 4. The molecule has 0 saturated heterocycles. The highest BCUT2D eigenvalue weighted by molar-refractivity contribution is 5.89. The molecule has 0 fully saturated rings. The van der Waals surface area contributed by atoms with E-state index in [0.29, 0.717) is 6.54 Å². The summed E-state index contributed by atoms with van der Waals surface area (Å²) in [5.41, 5.74) is 0. The van der Waals surface area contributed by atoms with Crippen LogP contribution in [-0.4, -0.2) is 70.6 Å². The molecule has 1 aromatic rings. The third kappa shape index (κ3) is 3.62. The largest absolute Gasteiger partial charge is 0.339 e. The summed E-state index contributed by atoms with van der Waals surface area (Å²) in [4.78, 5) is 15.3. The van der Waals surface area contributed by atoms with Crippen molar-refractivity contribution in [2.24, 2.45) is 0 Å². The average molecular weight is 212 g/mol. The second-order valence-electron chi connectivity index (χ2n) is 3.62. The second-order valence-corrected chi connectivity index (χ2v) is 3.62. The van der Waals surface area contributed by atoms with E-state index in [1.165, 1.54) is 0 Å². The Labute approximate surface area is 88.4 Å². The van der Waals surface area contributed by atoms with E-state index in [1.54, 1.807) is 11.9 Å². The highest BCUT2D eigenvalue weighted by Gasteiger charge is 2.15. The van der Waals surface area contributed by atoms with Gasteiger partial charge >= 0.3 is 0 Å². The molecule has 0 unspecified atom stereocenters. The predicted octanol–water partition coefficient (Wildman–Crippen LogP) is -0.777. The number of amides is 1. The summed E-state index contributed by atoms with van der Waals surface area (Å²) in [6.45, 7) is 1.63. The van der Waals surface area contributed by atoms with Crippen molar-refractivity contribution in [3.05, 3.63) is 5.82 Å². The van der Waals surface area contributed by atoms with Crippen LogP contribution in [0.3, 0.4) is 0 Å². The highest BCUT2D eigenvalue weighted by atomic mass is 16.2. The Bertz CT molecular complexity index is 296. The first-order valence-corrected chi connectivity index (χ1v) is 4.75. The average Bonchev–Trinajstić information content (AvgIpc) is 2.68. The minimum Gasteiger partial charge on any atom is -0.339 e. The molecule has 84 valence electrons. The number of carbonyl (C=O) groups excluding carboxylic acids is 1. The molecule has 0 bridgehead atoms. The van der Waals surface area contributed by atoms with Crippen molar-refractivity contribution in [1.29, 1.82) is 0 Å². The van der Waals surface area contributed by atoms with Gasteiger partial charge in [-0.15, -0.1) is 10.2 Å². The lowest BCUT2D eigenvalue weighted by Gasteiger charge is -2.16. The topological polar surface area (TPSA) is 78.0 Å². The standard InChI is InChI=1S/C8H16N6O/c1-13(2)5-4-6-14(3)8(15)7-9-11-12-10-7/h4-6H2,1-3H3,(H,9,10,11,12).